The molecular formula is C48H60F3N7O9S. The van der Waals surface area contributed by atoms with Crippen LogP contribution in [0, 0.1) is 12.3 Å². The van der Waals surface area contributed by atoms with Crippen LogP contribution in [0.1, 0.15) is 93.8 Å². The molecule has 0 radical (unpaired) electrons. The van der Waals surface area contributed by atoms with Crippen molar-refractivity contribution in [2.75, 3.05) is 36.1 Å². The standard InChI is InChI=1S/C46H59N7O7S.C2HF3O2/c1-30-41(61-29-49-30)32-18-16-31(17-19-32)26-48-44(58)38-25-35(54)27-53(38)45(59)42(46(2,3)4)52-39(55)15-9-7-5-6-8-12-24-60-28-40(56)50-34-22-20-33(21-23-34)43(57)51-37-14-11-10-13-36(37)47;3-2(4,5)1(6)7/h10-11,13-14,16-23,29,35,38,42,54H,5-9,12,15,24-28,47H2,1-4H3,(H,48,58)(H,50,56)(H,51,57)(H,52,55);(H,6,7)/t35-,38+,42-;/m1./s1. The predicted molar refractivity (Wildman–Crippen MR) is 252 cm³/mol. The van der Waals surface area contributed by atoms with E-state index < -0.39 is 35.7 Å². The Morgan fingerprint density at radius 2 is 1.51 bits per heavy atom. The number of carbonyl (C=O) groups is 6. The normalized spacial score (nSPS) is 15.1. The summed E-state index contributed by atoms with van der Waals surface area (Å²) in [6.45, 7) is 8.24. The molecule has 5 amide bonds. The van der Waals surface area contributed by atoms with E-state index in [1.807, 2.05) is 57.5 Å². The second-order valence-electron chi connectivity index (χ2n) is 17.3. The summed E-state index contributed by atoms with van der Waals surface area (Å²) in [6, 6.07) is 19.7. The number of alkyl halides is 3. The van der Waals surface area contributed by atoms with Gasteiger partial charge >= 0.3 is 12.1 Å². The first-order valence-corrected chi connectivity index (χ1v) is 23.0. The molecule has 8 N–H and O–H groups in total. The van der Waals surface area contributed by atoms with Crippen LogP contribution in [0.3, 0.4) is 0 Å². The van der Waals surface area contributed by atoms with E-state index in [2.05, 4.69) is 26.3 Å². The molecule has 368 valence electrons. The maximum absolute atomic E-state index is 13.9. The van der Waals surface area contributed by atoms with Gasteiger partial charge in [-0.05, 0) is 72.7 Å². The zero-order chi connectivity index (χ0) is 50.0. The van der Waals surface area contributed by atoms with Crippen LogP contribution in [0.5, 0.6) is 0 Å². The van der Waals surface area contributed by atoms with E-state index in [0.29, 0.717) is 35.7 Å². The van der Waals surface area contributed by atoms with Crippen molar-refractivity contribution >= 4 is 63.9 Å². The number of nitrogen functional groups attached to an aromatic ring is 1. The Morgan fingerprint density at radius 3 is 2.12 bits per heavy atom. The lowest BCUT2D eigenvalue weighted by Gasteiger charge is -2.35. The van der Waals surface area contributed by atoms with Gasteiger partial charge in [0.1, 0.15) is 18.7 Å². The SMILES string of the molecule is Cc1ncsc1-c1ccc(CNC(=O)[C@@H]2C[C@@H](O)CN2C(=O)[C@@H](NC(=O)CCCCCCCCOCC(=O)Nc2ccc(C(=O)Nc3ccccc3N)cc2)C(C)(C)C)cc1.O=C(O)C(F)(F)F. The Morgan fingerprint density at radius 1 is 0.882 bits per heavy atom. The number of carbonyl (C=O) groups excluding carboxylic acids is 5. The molecule has 3 atom stereocenters. The quantitative estimate of drug-likeness (QED) is 0.0349. The van der Waals surface area contributed by atoms with Crippen molar-refractivity contribution in [3.05, 3.63) is 95.1 Å². The number of nitrogens with zero attached hydrogens (tertiary/aromatic N) is 2. The molecule has 16 nitrogen and oxygen atoms in total. The van der Waals surface area contributed by atoms with Gasteiger partial charge in [-0.2, -0.15) is 13.2 Å². The topological polar surface area (TPSA) is 242 Å². The van der Waals surface area contributed by atoms with E-state index in [1.54, 1.807) is 59.9 Å². The van der Waals surface area contributed by atoms with Gasteiger partial charge in [-0.25, -0.2) is 9.78 Å². The van der Waals surface area contributed by atoms with Crippen LogP contribution in [-0.2, 0) is 35.3 Å². The summed E-state index contributed by atoms with van der Waals surface area (Å²) in [4.78, 5) is 81.0. The Bertz CT molecular complexity index is 2320. The Hall–Kier alpha value is -6.38. The average molecular weight is 968 g/mol. The number of benzene rings is 3. The number of nitrogens with two attached hydrogens (primary N) is 1. The molecule has 20 heteroatoms. The molecule has 3 aromatic carbocycles. The van der Waals surface area contributed by atoms with Crippen molar-refractivity contribution in [3.63, 3.8) is 0 Å². The largest absolute Gasteiger partial charge is 0.490 e. The zero-order valence-corrected chi connectivity index (χ0v) is 39.3. The van der Waals surface area contributed by atoms with Crippen LogP contribution in [-0.4, -0.2) is 99.7 Å². The van der Waals surface area contributed by atoms with Crippen molar-refractivity contribution in [1.82, 2.24) is 20.5 Å². The van der Waals surface area contributed by atoms with Crippen molar-refractivity contribution < 1.29 is 56.9 Å². The Balaban J connectivity index is 0.00000133. The summed E-state index contributed by atoms with van der Waals surface area (Å²) >= 11 is 1.58. The number of rotatable bonds is 20. The van der Waals surface area contributed by atoms with E-state index >= 15 is 0 Å². The van der Waals surface area contributed by atoms with Gasteiger partial charge in [0.2, 0.25) is 23.6 Å². The number of halogens is 3. The number of nitrogens with one attached hydrogen (secondary N) is 4. The molecule has 1 fully saturated rings. The molecular weight excluding hydrogens is 908 g/mol. The van der Waals surface area contributed by atoms with Gasteiger partial charge in [0, 0.05) is 43.8 Å². The minimum absolute atomic E-state index is 0.0183. The minimum Gasteiger partial charge on any atom is -0.475 e. The molecule has 1 aromatic heterocycles. The number of amides is 5. The molecule has 1 aliphatic heterocycles. The van der Waals surface area contributed by atoms with Gasteiger partial charge in [0.15, 0.2) is 0 Å². The number of β-amino-alcohol motifs (C(OH)–C–C–N with tert-alkyl or cyclic N) is 1. The predicted octanol–water partition coefficient (Wildman–Crippen LogP) is 7.08. The van der Waals surface area contributed by atoms with Crippen LogP contribution >= 0.6 is 11.3 Å². The number of aliphatic hydroxyl groups excluding tert-OH is 1. The third-order valence-electron chi connectivity index (χ3n) is 10.8. The van der Waals surface area contributed by atoms with Crippen molar-refractivity contribution in [3.8, 4) is 10.4 Å². The Labute approximate surface area is 397 Å². The highest BCUT2D eigenvalue weighted by molar-refractivity contribution is 7.13. The summed E-state index contributed by atoms with van der Waals surface area (Å²) < 4.78 is 37.3. The van der Waals surface area contributed by atoms with E-state index in [0.717, 1.165) is 53.8 Å². The number of aryl methyl sites for hydroxylation is 1. The molecule has 5 rings (SSSR count). The monoisotopic (exact) mass is 967 g/mol. The molecule has 0 unspecified atom stereocenters. The molecule has 4 aromatic rings. The van der Waals surface area contributed by atoms with Gasteiger partial charge in [-0.1, -0.05) is 82.9 Å². The number of unbranched alkanes of at least 4 members (excludes halogenated alkanes) is 5. The lowest BCUT2D eigenvalue weighted by Crippen LogP contribution is -2.57. The minimum atomic E-state index is -5.08. The zero-order valence-electron chi connectivity index (χ0n) is 38.5. The molecule has 2 heterocycles. The van der Waals surface area contributed by atoms with E-state index in [9.17, 15) is 42.3 Å². The van der Waals surface area contributed by atoms with Crippen molar-refractivity contribution in [2.24, 2.45) is 5.41 Å². The first kappa shape index (κ1) is 54.2. The maximum Gasteiger partial charge on any atom is 0.490 e. The molecule has 0 aliphatic carbocycles. The molecule has 0 saturated carbocycles. The second-order valence-corrected chi connectivity index (χ2v) is 18.2. The van der Waals surface area contributed by atoms with E-state index in [4.69, 9.17) is 20.4 Å². The first-order chi connectivity index (χ1) is 32.1. The highest BCUT2D eigenvalue weighted by atomic mass is 32.1. The van der Waals surface area contributed by atoms with Crippen LogP contribution in [0.15, 0.2) is 78.3 Å². The number of hydrogen-bond acceptors (Lipinski definition) is 11. The van der Waals surface area contributed by atoms with Gasteiger partial charge < -0.3 is 46.9 Å². The number of carboxylic acid groups (broad SMARTS) is 1. The van der Waals surface area contributed by atoms with Gasteiger partial charge in [0.25, 0.3) is 5.91 Å². The number of aliphatic hydroxyl groups is 1. The molecule has 0 bridgehead atoms. The fraction of sp³-hybridized carbons (Fsp3) is 0.438. The van der Waals surface area contributed by atoms with Crippen molar-refractivity contribution in [2.45, 2.75) is 110 Å². The molecule has 0 spiro atoms. The lowest BCUT2D eigenvalue weighted by atomic mass is 9.85. The fourth-order valence-corrected chi connectivity index (χ4v) is 7.89. The summed E-state index contributed by atoms with van der Waals surface area (Å²) in [5.74, 6) is -4.31. The highest BCUT2D eigenvalue weighted by Gasteiger charge is 2.44. The number of thiazole rings is 1. The summed E-state index contributed by atoms with van der Waals surface area (Å²) in [6.07, 6.45) is -0.422. The summed E-state index contributed by atoms with van der Waals surface area (Å²) in [5, 5.41) is 29.1. The smallest absolute Gasteiger partial charge is 0.475 e. The van der Waals surface area contributed by atoms with Gasteiger partial charge in [-0.15, -0.1) is 11.3 Å². The number of likely N-dealkylation sites (tertiary alicyclic amines) is 1. The number of para-hydroxylation sites is 2. The van der Waals surface area contributed by atoms with E-state index in [-0.39, 0.29) is 62.1 Å². The molecule has 1 aliphatic rings. The van der Waals surface area contributed by atoms with Crippen LogP contribution in [0.25, 0.3) is 10.4 Å². The third kappa shape index (κ3) is 17.4. The van der Waals surface area contributed by atoms with Gasteiger partial charge in [0.05, 0.1) is 33.6 Å². The number of carboxylic acids is 1. The van der Waals surface area contributed by atoms with Crippen LogP contribution in [0.4, 0.5) is 30.2 Å². The summed E-state index contributed by atoms with van der Waals surface area (Å²) in [7, 11) is 0. The van der Waals surface area contributed by atoms with E-state index in [1.165, 1.54) is 4.90 Å². The second kappa shape index (κ2) is 25.7. The van der Waals surface area contributed by atoms with Crippen molar-refractivity contribution in [1.29, 1.82) is 0 Å². The number of aromatic nitrogens is 1. The fourth-order valence-electron chi connectivity index (χ4n) is 7.08. The number of aliphatic carboxylic acids is 1. The average Bonchev–Trinajstić information content (AvgIpc) is 3.90. The number of hydrogen-bond donors (Lipinski definition) is 7. The summed E-state index contributed by atoms with van der Waals surface area (Å²) in [5.41, 5.74) is 12.0. The van der Waals surface area contributed by atoms with Gasteiger partial charge in [-0.3, -0.25) is 24.0 Å². The first-order valence-electron chi connectivity index (χ1n) is 22.1. The van der Waals surface area contributed by atoms with Crippen LogP contribution < -0.4 is 27.0 Å². The molecule has 68 heavy (non-hydrogen) atoms. The van der Waals surface area contributed by atoms with Crippen LogP contribution in [0.2, 0.25) is 0 Å². The molecule has 1 saturated heterocycles. The number of anilines is 3. The third-order valence-corrected chi connectivity index (χ3v) is 11.7. The lowest BCUT2D eigenvalue weighted by molar-refractivity contribution is -0.192. The highest BCUT2D eigenvalue weighted by Crippen LogP contribution is 2.29. The Kier molecular flexibility index (Phi) is 20.5. The maximum atomic E-state index is 13.9. The number of ether oxygens (including phenoxy) is 1.